The molecule has 0 atom stereocenters. The van der Waals surface area contributed by atoms with E-state index in [2.05, 4.69) is 18.7 Å². The zero-order valence-corrected chi connectivity index (χ0v) is 19.7. The Hall–Kier alpha value is -3.35. The van der Waals surface area contributed by atoms with Crippen LogP contribution in [0.25, 0.3) is 10.8 Å². The number of hydrogen-bond acceptors (Lipinski definition) is 6. The maximum Gasteiger partial charge on any atom is 0.333 e. The third-order valence-electron chi connectivity index (χ3n) is 5.00. The smallest absolute Gasteiger partial charge is 0.333 e. The molecule has 0 saturated heterocycles. The highest BCUT2D eigenvalue weighted by Gasteiger charge is 2.07. The molecule has 34 heavy (non-hydrogen) atoms. The van der Waals surface area contributed by atoms with Gasteiger partial charge in [0.2, 0.25) is 0 Å². The number of esters is 1. The molecular weight excluding hydrogens is 432 g/mol. The van der Waals surface area contributed by atoms with E-state index in [4.69, 9.17) is 23.7 Å². The van der Waals surface area contributed by atoms with Crippen LogP contribution < -0.4 is 9.47 Å². The molecule has 0 aromatic heterocycles. The van der Waals surface area contributed by atoms with Gasteiger partial charge in [0.05, 0.1) is 33.0 Å². The van der Waals surface area contributed by atoms with E-state index in [1.807, 2.05) is 54.6 Å². The maximum absolute atomic E-state index is 11.2. The lowest BCUT2D eigenvalue weighted by Gasteiger charge is -2.13. The summed E-state index contributed by atoms with van der Waals surface area (Å²) >= 11 is 0. The molecule has 3 rings (SSSR count). The molecule has 6 nitrogen and oxygen atoms in total. The minimum Gasteiger partial charge on any atom is -0.493 e. The van der Waals surface area contributed by atoms with E-state index in [9.17, 15) is 4.79 Å². The van der Waals surface area contributed by atoms with Crippen LogP contribution in [0.4, 0.5) is 0 Å². The molecule has 0 spiro atoms. The summed E-state index contributed by atoms with van der Waals surface area (Å²) in [5.74, 6) is 1.24. The van der Waals surface area contributed by atoms with Crippen LogP contribution in [0.15, 0.2) is 78.9 Å². The Morgan fingerprint density at radius 1 is 0.676 bits per heavy atom. The molecule has 6 heteroatoms. The van der Waals surface area contributed by atoms with Gasteiger partial charge in [-0.05, 0) is 24.6 Å². The molecule has 0 amide bonds. The van der Waals surface area contributed by atoms with Gasteiger partial charge in [-0.1, -0.05) is 61.2 Å². The Morgan fingerprint density at radius 3 is 1.85 bits per heavy atom. The van der Waals surface area contributed by atoms with E-state index in [1.165, 1.54) is 5.56 Å². The van der Waals surface area contributed by atoms with E-state index in [-0.39, 0.29) is 6.61 Å². The lowest BCUT2D eigenvalue weighted by molar-refractivity contribution is -0.140. The second-order valence-electron chi connectivity index (χ2n) is 7.68. The first-order valence-electron chi connectivity index (χ1n) is 11.4. The first-order valence-corrected chi connectivity index (χ1v) is 11.4. The van der Waals surface area contributed by atoms with Crippen molar-refractivity contribution in [3.8, 4) is 11.5 Å². The van der Waals surface area contributed by atoms with E-state index in [1.54, 1.807) is 6.92 Å². The van der Waals surface area contributed by atoms with Gasteiger partial charge in [0.25, 0.3) is 0 Å². The Bertz CT molecular complexity index is 1050. The van der Waals surface area contributed by atoms with Crippen LogP contribution in [0.2, 0.25) is 0 Å². The number of benzene rings is 3. The van der Waals surface area contributed by atoms with E-state index >= 15 is 0 Å². The summed E-state index contributed by atoms with van der Waals surface area (Å²) in [5, 5.41) is 2.03. The van der Waals surface area contributed by atoms with Crippen LogP contribution in [-0.2, 0) is 25.4 Å². The van der Waals surface area contributed by atoms with E-state index in [0.29, 0.717) is 45.2 Å². The molecule has 0 unspecified atom stereocenters. The number of carbonyl (C=O) groups excluding carboxylic acids is 1. The van der Waals surface area contributed by atoms with Gasteiger partial charge >= 0.3 is 5.97 Å². The molecule has 0 aliphatic heterocycles. The molecule has 0 saturated carbocycles. The predicted octanol–water partition coefficient (Wildman–Crippen LogP) is 4.99. The fourth-order valence-corrected chi connectivity index (χ4v) is 3.28. The zero-order valence-electron chi connectivity index (χ0n) is 19.7. The average Bonchev–Trinajstić information content (AvgIpc) is 2.86. The van der Waals surface area contributed by atoms with Crippen molar-refractivity contribution in [1.29, 1.82) is 0 Å². The maximum atomic E-state index is 11.2. The van der Waals surface area contributed by atoms with Gasteiger partial charge in [0.1, 0.15) is 24.7 Å². The number of fused-ring (bicyclic) bond motifs is 1. The Morgan fingerprint density at radius 2 is 1.24 bits per heavy atom. The van der Waals surface area contributed by atoms with E-state index in [0.717, 1.165) is 28.7 Å². The van der Waals surface area contributed by atoms with Crippen LogP contribution in [0.5, 0.6) is 11.5 Å². The molecule has 0 heterocycles. The van der Waals surface area contributed by atoms with Gasteiger partial charge in [0.15, 0.2) is 0 Å². The Balaban J connectivity index is 1.37. The summed E-state index contributed by atoms with van der Waals surface area (Å²) in [4.78, 5) is 11.2. The first kappa shape index (κ1) is 25.3. The third kappa shape index (κ3) is 8.21. The van der Waals surface area contributed by atoms with Gasteiger partial charge < -0.3 is 23.7 Å². The summed E-state index contributed by atoms with van der Waals surface area (Å²) in [7, 11) is 0. The standard InChI is InChI=1S/C28H32O6/c1-22(2)28(29)34-21-19-31-17-16-30-18-20-33-27-13-7-10-24-25(27)11-6-12-26(24)32-15-14-23-8-4-3-5-9-23/h3-13H,1,14-21H2,2H3. The summed E-state index contributed by atoms with van der Waals surface area (Å²) in [5.41, 5.74) is 1.63. The quantitative estimate of drug-likeness (QED) is 0.179. The zero-order chi connectivity index (χ0) is 24.0. The second kappa shape index (κ2) is 14.0. The van der Waals surface area contributed by atoms with Crippen molar-refractivity contribution < 1.29 is 28.5 Å². The lowest BCUT2D eigenvalue weighted by Crippen LogP contribution is -2.14. The molecule has 3 aromatic carbocycles. The van der Waals surface area contributed by atoms with Crippen molar-refractivity contribution in [2.75, 3.05) is 46.2 Å². The highest BCUT2D eigenvalue weighted by atomic mass is 16.6. The van der Waals surface area contributed by atoms with Gasteiger partial charge in [-0.25, -0.2) is 4.79 Å². The largest absolute Gasteiger partial charge is 0.493 e. The molecule has 0 aliphatic carbocycles. The second-order valence-corrected chi connectivity index (χ2v) is 7.68. The molecular formula is C28H32O6. The van der Waals surface area contributed by atoms with Gasteiger partial charge in [0, 0.05) is 22.8 Å². The SMILES string of the molecule is C=C(C)C(=O)OCCOCCOCCOc1cccc2c(OCCc3ccccc3)cccc12. The molecule has 0 aliphatic rings. The minimum atomic E-state index is -0.406. The highest BCUT2D eigenvalue weighted by Crippen LogP contribution is 2.32. The number of carbonyl (C=O) groups is 1. The molecule has 180 valence electrons. The molecule has 0 fully saturated rings. The van der Waals surface area contributed by atoms with Crippen molar-refractivity contribution >= 4 is 16.7 Å². The van der Waals surface area contributed by atoms with Crippen molar-refractivity contribution in [1.82, 2.24) is 0 Å². The monoisotopic (exact) mass is 464 g/mol. The molecule has 0 radical (unpaired) electrons. The van der Waals surface area contributed by atoms with Gasteiger partial charge in [-0.3, -0.25) is 0 Å². The number of hydrogen-bond donors (Lipinski definition) is 0. The Kier molecular flexibility index (Phi) is 10.4. The molecule has 0 N–H and O–H groups in total. The van der Waals surface area contributed by atoms with Crippen LogP contribution in [0.1, 0.15) is 12.5 Å². The van der Waals surface area contributed by atoms with Crippen molar-refractivity contribution in [3.05, 3.63) is 84.4 Å². The lowest BCUT2D eigenvalue weighted by atomic mass is 10.1. The van der Waals surface area contributed by atoms with E-state index < -0.39 is 5.97 Å². The highest BCUT2D eigenvalue weighted by molar-refractivity contribution is 5.93. The number of ether oxygens (including phenoxy) is 5. The molecule has 3 aromatic rings. The van der Waals surface area contributed by atoms with Crippen molar-refractivity contribution in [3.63, 3.8) is 0 Å². The summed E-state index contributed by atoms with van der Waals surface area (Å²) in [6.07, 6.45) is 0.855. The number of rotatable bonds is 15. The first-order chi connectivity index (χ1) is 16.6. The van der Waals surface area contributed by atoms with Crippen molar-refractivity contribution in [2.45, 2.75) is 13.3 Å². The third-order valence-corrected chi connectivity index (χ3v) is 5.00. The summed E-state index contributed by atoms with van der Waals surface area (Å²) in [6, 6.07) is 22.3. The van der Waals surface area contributed by atoms with Crippen LogP contribution in [-0.4, -0.2) is 52.2 Å². The topological polar surface area (TPSA) is 63.2 Å². The molecule has 0 bridgehead atoms. The van der Waals surface area contributed by atoms with Crippen LogP contribution >= 0.6 is 0 Å². The fourth-order valence-electron chi connectivity index (χ4n) is 3.28. The van der Waals surface area contributed by atoms with Crippen LogP contribution in [0.3, 0.4) is 0 Å². The Labute approximate surface area is 201 Å². The average molecular weight is 465 g/mol. The minimum absolute atomic E-state index is 0.202. The predicted molar refractivity (Wildman–Crippen MR) is 132 cm³/mol. The fraction of sp³-hybridized carbons (Fsp3) is 0.321. The summed E-state index contributed by atoms with van der Waals surface area (Å²) < 4.78 is 27.9. The van der Waals surface area contributed by atoms with Gasteiger partial charge in [-0.2, -0.15) is 0 Å². The van der Waals surface area contributed by atoms with Gasteiger partial charge in [-0.15, -0.1) is 0 Å². The summed E-state index contributed by atoms with van der Waals surface area (Å²) in [6.45, 7) is 7.99. The normalized spacial score (nSPS) is 10.7. The van der Waals surface area contributed by atoms with Crippen LogP contribution in [0, 0.1) is 0 Å². The van der Waals surface area contributed by atoms with Crippen molar-refractivity contribution in [2.24, 2.45) is 0 Å².